The first-order chi connectivity index (χ1) is 12.1. The lowest BCUT2D eigenvalue weighted by Crippen LogP contribution is -2.38. The van der Waals surface area contributed by atoms with Crippen LogP contribution >= 0.6 is 12.4 Å². The molecule has 2 aromatic carbocycles. The van der Waals surface area contributed by atoms with Crippen LogP contribution in [0.4, 0.5) is 5.69 Å². The smallest absolute Gasteiger partial charge is 0.238 e. The molecule has 0 aliphatic heterocycles. The summed E-state index contributed by atoms with van der Waals surface area (Å²) >= 11 is 0. The number of aryl methyl sites for hydroxylation is 1. The number of amides is 1. The molecular weight excluding hydrogens is 350 g/mol. The average Bonchev–Trinajstić information content (AvgIpc) is 2.61. The molecule has 6 heteroatoms. The van der Waals surface area contributed by atoms with Crippen molar-refractivity contribution in [3.8, 4) is 5.75 Å². The Kier molecular flexibility index (Phi) is 9.73. The number of ether oxygens (including phenoxy) is 1. The zero-order valence-electron chi connectivity index (χ0n) is 15.4. The van der Waals surface area contributed by atoms with E-state index in [0.717, 1.165) is 18.5 Å². The topological polar surface area (TPSA) is 67.6 Å². The fraction of sp³-hybridized carbons (Fsp3) is 0.350. The molecule has 0 atom stereocenters. The third kappa shape index (κ3) is 7.04. The first-order valence-electron chi connectivity index (χ1n) is 8.53. The van der Waals surface area contributed by atoms with E-state index in [1.165, 1.54) is 5.56 Å². The van der Waals surface area contributed by atoms with Crippen LogP contribution in [0.5, 0.6) is 5.75 Å². The minimum atomic E-state index is -0.0644. The highest BCUT2D eigenvalue weighted by atomic mass is 35.5. The van der Waals surface area contributed by atoms with Crippen molar-refractivity contribution < 1.29 is 9.53 Å². The standard InChI is InChI=1S/C20H27N3O2.ClH/c1-16-8-9-19(25-2)18(14-16)22-20(24)15-23(13-11-21)12-10-17-6-4-3-5-7-17;/h3-9,14H,10-13,15,21H2,1-2H3,(H,22,24);1H. The van der Waals surface area contributed by atoms with Crippen molar-refractivity contribution in [3.05, 3.63) is 59.7 Å². The van der Waals surface area contributed by atoms with Crippen LogP contribution in [0.15, 0.2) is 48.5 Å². The number of halogens is 1. The molecule has 0 bridgehead atoms. The monoisotopic (exact) mass is 377 g/mol. The minimum Gasteiger partial charge on any atom is -0.495 e. The molecule has 26 heavy (non-hydrogen) atoms. The van der Waals surface area contributed by atoms with Gasteiger partial charge in [-0.3, -0.25) is 9.69 Å². The number of methoxy groups -OCH3 is 1. The van der Waals surface area contributed by atoms with Gasteiger partial charge in [0, 0.05) is 19.6 Å². The summed E-state index contributed by atoms with van der Waals surface area (Å²) in [4.78, 5) is 14.5. The molecule has 0 saturated carbocycles. The Morgan fingerprint density at radius 2 is 1.88 bits per heavy atom. The Hall–Kier alpha value is -2.08. The summed E-state index contributed by atoms with van der Waals surface area (Å²) < 4.78 is 5.31. The summed E-state index contributed by atoms with van der Waals surface area (Å²) in [6.45, 7) is 4.29. The Morgan fingerprint density at radius 1 is 1.15 bits per heavy atom. The highest BCUT2D eigenvalue weighted by molar-refractivity contribution is 5.93. The van der Waals surface area contributed by atoms with E-state index < -0.39 is 0 Å². The van der Waals surface area contributed by atoms with Gasteiger partial charge in [0.05, 0.1) is 19.3 Å². The number of nitrogens with two attached hydrogens (primary N) is 1. The molecule has 2 aromatic rings. The van der Waals surface area contributed by atoms with Gasteiger partial charge < -0.3 is 15.8 Å². The molecule has 0 unspecified atom stereocenters. The molecule has 0 heterocycles. The molecule has 2 rings (SSSR count). The number of anilines is 1. The van der Waals surface area contributed by atoms with Gasteiger partial charge in [-0.05, 0) is 36.6 Å². The van der Waals surface area contributed by atoms with Crippen LogP contribution in [0, 0.1) is 6.92 Å². The van der Waals surface area contributed by atoms with E-state index in [1.807, 2.05) is 43.3 Å². The number of rotatable bonds is 9. The van der Waals surface area contributed by atoms with Crippen molar-refractivity contribution in [1.29, 1.82) is 0 Å². The highest BCUT2D eigenvalue weighted by Crippen LogP contribution is 2.25. The SMILES string of the molecule is COc1ccc(C)cc1NC(=O)CN(CCN)CCc1ccccc1.Cl. The number of nitrogens with zero attached hydrogens (tertiary/aromatic N) is 1. The largest absolute Gasteiger partial charge is 0.495 e. The lowest BCUT2D eigenvalue weighted by Gasteiger charge is -2.21. The molecule has 0 fully saturated rings. The molecule has 0 radical (unpaired) electrons. The molecule has 0 aromatic heterocycles. The molecule has 5 nitrogen and oxygen atoms in total. The maximum Gasteiger partial charge on any atom is 0.238 e. The number of benzene rings is 2. The van der Waals surface area contributed by atoms with E-state index in [0.29, 0.717) is 31.1 Å². The van der Waals surface area contributed by atoms with Crippen LogP contribution in [0.25, 0.3) is 0 Å². The lowest BCUT2D eigenvalue weighted by molar-refractivity contribution is -0.117. The first-order valence-corrected chi connectivity index (χ1v) is 8.53. The predicted molar refractivity (Wildman–Crippen MR) is 109 cm³/mol. The Labute approximate surface area is 161 Å². The summed E-state index contributed by atoms with van der Waals surface area (Å²) in [5.74, 6) is 0.596. The third-order valence-electron chi connectivity index (χ3n) is 4.00. The van der Waals surface area contributed by atoms with Crippen molar-refractivity contribution >= 4 is 24.0 Å². The zero-order valence-corrected chi connectivity index (χ0v) is 16.2. The molecular formula is C20H28ClN3O2. The number of hydrogen-bond acceptors (Lipinski definition) is 4. The molecule has 0 aliphatic carbocycles. The summed E-state index contributed by atoms with van der Waals surface area (Å²) in [6.07, 6.45) is 0.891. The van der Waals surface area contributed by atoms with Gasteiger partial charge in [-0.1, -0.05) is 36.4 Å². The van der Waals surface area contributed by atoms with Gasteiger partial charge in [-0.2, -0.15) is 0 Å². The quantitative estimate of drug-likeness (QED) is 0.705. The van der Waals surface area contributed by atoms with Crippen molar-refractivity contribution in [2.24, 2.45) is 5.73 Å². The summed E-state index contributed by atoms with van der Waals surface area (Å²) in [7, 11) is 1.60. The molecule has 0 spiro atoms. The van der Waals surface area contributed by atoms with Crippen molar-refractivity contribution in [2.75, 3.05) is 38.6 Å². The van der Waals surface area contributed by atoms with E-state index in [2.05, 4.69) is 22.3 Å². The Bertz CT molecular complexity index is 680. The fourth-order valence-corrected chi connectivity index (χ4v) is 2.70. The van der Waals surface area contributed by atoms with Crippen LogP contribution < -0.4 is 15.8 Å². The molecule has 0 aliphatic rings. The minimum absolute atomic E-state index is 0. The van der Waals surface area contributed by atoms with Crippen molar-refractivity contribution in [2.45, 2.75) is 13.3 Å². The summed E-state index contributed by atoms with van der Waals surface area (Å²) in [5, 5.41) is 2.94. The van der Waals surface area contributed by atoms with Gasteiger partial charge in [0.2, 0.25) is 5.91 Å². The van der Waals surface area contributed by atoms with Crippen LogP contribution in [0.2, 0.25) is 0 Å². The van der Waals surface area contributed by atoms with Gasteiger partial charge in [-0.15, -0.1) is 12.4 Å². The van der Waals surface area contributed by atoms with Gasteiger partial charge in [0.1, 0.15) is 5.75 Å². The molecule has 1 amide bonds. The average molecular weight is 378 g/mol. The normalized spacial score (nSPS) is 10.3. The van der Waals surface area contributed by atoms with Gasteiger partial charge in [-0.25, -0.2) is 0 Å². The van der Waals surface area contributed by atoms with Gasteiger partial charge in [0.15, 0.2) is 0 Å². The second-order valence-electron chi connectivity index (χ2n) is 6.05. The lowest BCUT2D eigenvalue weighted by atomic mass is 10.1. The third-order valence-corrected chi connectivity index (χ3v) is 4.00. The van der Waals surface area contributed by atoms with E-state index in [1.54, 1.807) is 7.11 Å². The van der Waals surface area contributed by atoms with Gasteiger partial charge >= 0.3 is 0 Å². The van der Waals surface area contributed by atoms with Crippen LogP contribution in [0.1, 0.15) is 11.1 Å². The summed E-state index contributed by atoms with van der Waals surface area (Å²) in [6, 6.07) is 16.0. The van der Waals surface area contributed by atoms with E-state index in [9.17, 15) is 4.79 Å². The van der Waals surface area contributed by atoms with Crippen LogP contribution in [-0.2, 0) is 11.2 Å². The molecule has 0 saturated heterocycles. The fourth-order valence-electron chi connectivity index (χ4n) is 2.70. The van der Waals surface area contributed by atoms with Crippen LogP contribution in [0.3, 0.4) is 0 Å². The van der Waals surface area contributed by atoms with E-state index in [4.69, 9.17) is 10.5 Å². The first kappa shape index (κ1) is 22.0. The Morgan fingerprint density at radius 3 is 2.54 bits per heavy atom. The van der Waals surface area contributed by atoms with Crippen LogP contribution in [-0.4, -0.2) is 44.1 Å². The number of nitrogens with one attached hydrogen (secondary N) is 1. The molecule has 142 valence electrons. The second-order valence-corrected chi connectivity index (χ2v) is 6.05. The zero-order chi connectivity index (χ0) is 18.1. The van der Waals surface area contributed by atoms with Crippen molar-refractivity contribution in [3.63, 3.8) is 0 Å². The number of hydrogen-bond donors (Lipinski definition) is 2. The van der Waals surface area contributed by atoms with E-state index >= 15 is 0 Å². The summed E-state index contributed by atoms with van der Waals surface area (Å²) in [5.41, 5.74) is 8.72. The maximum atomic E-state index is 12.4. The van der Waals surface area contributed by atoms with Gasteiger partial charge in [0.25, 0.3) is 0 Å². The number of carbonyl (C=O) groups is 1. The van der Waals surface area contributed by atoms with E-state index in [-0.39, 0.29) is 18.3 Å². The Balaban J connectivity index is 0.00000338. The van der Waals surface area contributed by atoms with Crippen molar-refractivity contribution in [1.82, 2.24) is 4.90 Å². The molecule has 3 N–H and O–H groups in total. The second kappa shape index (κ2) is 11.5. The number of carbonyl (C=O) groups excluding carboxylic acids is 1. The maximum absolute atomic E-state index is 12.4. The highest BCUT2D eigenvalue weighted by Gasteiger charge is 2.12. The predicted octanol–water partition coefficient (Wildman–Crippen LogP) is 2.87.